The standard InChI is InChI=1S/C71H122O6/c1-4-7-10-13-16-19-22-25-28-30-32-33-34-35-36-37-39-40-43-46-49-52-55-58-61-64-70(73)76-67-68(66-75-69(72)63-60-57-54-51-48-45-42-27-24-21-18-15-12-9-6-3)77-71(74)65-62-59-56-53-50-47-44-41-38-31-29-26-23-20-17-14-11-8-5-2/h7,9-10,12,16,18-19,21,25,27-28,32-33,35-36,42,68H,4-6,8,11,13-15,17,20,22-24,26,29-31,34,37-41,43-67H2,1-3H3/b10-7-,12-9-,19-16-,21-18-,28-25-,33-32-,36-35-,42-27-. The van der Waals surface area contributed by atoms with Crippen LogP contribution in [0.2, 0.25) is 0 Å². The van der Waals surface area contributed by atoms with E-state index in [9.17, 15) is 14.4 Å². The van der Waals surface area contributed by atoms with Gasteiger partial charge in [0.25, 0.3) is 0 Å². The van der Waals surface area contributed by atoms with Crippen molar-refractivity contribution in [2.45, 2.75) is 322 Å². The second-order valence-corrected chi connectivity index (χ2v) is 21.6. The summed E-state index contributed by atoms with van der Waals surface area (Å²) in [6, 6.07) is 0. The lowest BCUT2D eigenvalue weighted by Crippen LogP contribution is -2.30. The molecule has 0 aliphatic rings. The number of rotatable bonds is 59. The molecule has 442 valence electrons. The summed E-state index contributed by atoms with van der Waals surface area (Å²) in [5, 5.41) is 0. The summed E-state index contributed by atoms with van der Waals surface area (Å²) in [6.45, 7) is 6.43. The van der Waals surface area contributed by atoms with Crippen LogP contribution in [-0.2, 0) is 28.6 Å². The number of esters is 3. The van der Waals surface area contributed by atoms with Gasteiger partial charge in [0.05, 0.1) is 0 Å². The fraction of sp³-hybridized carbons (Fsp3) is 0.732. The van der Waals surface area contributed by atoms with Crippen LogP contribution in [0.15, 0.2) is 97.2 Å². The van der Waals surface area contributed by atoms with E-state index in [0.29, 0.717) is 19.3 Å². The number of carbonyl (C=O) groups is 3. The number of allylic oxidation sites excluding steroid dienone is 16. The van der Waals surface area contributed by atoms with Crippen LogP contribution in [0.25, 0.3) is 0 Å². The molecular formula is C71H122O6. The molecule has 1 unspecified atom stereocenters. The molecule has 0 aromatic rings. The van der Waals surface area contributed by atoms with Crippen molar-refractivity contribution in [1.82, 2.24) is 0 Å². The molecule has 0 saturated heterocycles. The van der Waals surface area contributed by atoms with Gasteiger partial charge >= 0.3 is 17.9 Å². The smallest absolute Gasteiger partial charge is 0.306 e. The Balaban J connectivity index is 4.35. The Morgan fingerprint density at radius 3 is 0.792 bits per heavy atom. The highest BCUT2D eigenvalue weighted by Crippen LogP contribution is 2.17. The van der Waals surface area contributed by atoms with Gasteiger partial charge in [-0.1, -0.05) is 298 Å². The largest absolute Gasteiger partial charge is 0.462 e. The second kappa shape index (κ2) is 64.9. The van der Waals surface area contributed by atoms with Gasteiger partial charge in [-0.15, -0.1) is 0 Å². The van der Waals surface area contributed by atoms with Crippen molar-refractivity contribution in [3.8, 4) is 0 Å². The maximum atomic E-state index is 12.9. The van der Waals surface area contributed by atoms with Crippen molar-refractivity contribution in [3.63, 3.8) is 0 Å². The first-order valence-electron chi connectivity index (χ1n) is 32.7. The van der Waals surface area contributed by atoms with Gasteiger partial charge in [-0.3, -0.25) is 14.4 Å². The van der Waals surface area contributed by atoms with Gasteiger partial charge in [-0.2, -0.15) is 0 Å². The van der Waals surface area contributed by atoms with Gasteiger partial charge in [0.1, 0.15) is 13.2 Å². The average Bonchev–Trinajstić information content (AvgIpc) is 3.43. The van der Waals surface area contributed by atoms with Gasteiger partial charge in [0.2, 0.25) is 0 Å². The van der Waals surface area contributed by atoms with Crippen molar-refractivity contribution in [3.05, 3.63) is 97.2 Å². The molecule has 0 radical (unpaired) electrons. The minimum atomic E-state index is -0.788. The zero-order valence-corrected chi connectivity index (χ0v) is 50.7. The van der Waals surface area contributed by atoms with Gasteiger partial charge in [-0.25, -0.2) is 0 Å². The Morgan fingerprint density at radius 1 is 0.273 bits per heavy atom. The Morgan fingerprint density at radius 2 is 0.506 bits per heavy atom. The highest BCUT2D eigenvalue weighted by molar-refractivity contribution is 5.71. The summed E-state index contributed by atoms with van der Waals surface area (Å²) >= 11 is 0. The lowest BCUT2D eigenvalue weighted by atomic mass is 10.0. The predicted molar refractivity (Wildman–Crippen MR) is 334 cm³/mol. The van der Waals surface area contributed by atoms with Crippen molar-refractivity contribution in [2.24, 2.45) is 0 Å². The summed E-state index contributed by atoms with van der Waals surface area (Å²) in [6.07, 6.45) is 87.0. The number of carbonyl (C=O) groups excluding carboxylic acids is 3. The summed E-state index contributed by atoms with van der Waals surface area (Å²) in [5.74, 6) is -0.893. The zero-order valence-electron chi connectivity index (χ0n) is 50.7. The lowest BCUT2D eigenvalue weighted by molar-refractivity contribution is -0.167. The molecule has 0 aliphatic carbocycles. The highest BCUT2D eigenvalue weighted by Gasteiger charge is 2.19. The summed E-state index contributed by atoms with van der Waals surface area (Å²) in [4.78, 5) is 38.4. The van der Waals surface area contributed by atoms with Crippen LogP contribution in [0.5, 0.6) is 0 Å². The Bertz CT molecular complexity index is 1510. The number of hydrogen-bond acceptors (Lipinski definition) is 6. The van der Waals surface area contributed by atoms with Crippen molar-refractivity contribution in [2.75, 3.05) is 13.2 Å². The van der Waals surface area contributed by atoms with Crippen LogP contribution in [0.3, 0.4) is 0 Å². The molecule has 6 nitrogen and oxygen atoms in total. The van der Waals surface area contributed by atoms with E-state index in [1.807, 2.05) is 0 Å². The third-order valence-electron chi connectivity index (χ3n) is 14.1. The number of ether oxygens (including phenoxy) is 3. The maximum absolute atomic E-state index is 12.9. The average molecular weight is 1070 g/mol. The normalized spacial score (nSPS) is 12.7. The van der Waals surface area contributed by atoms with Gasteiger partial charge in [-0.05, 0) is 96.3 Å². The molecule has 0 fully saturated rings. The first-order valence-corrected chi connectivity index (χ1v) is 32.7. The van der Waals surface area contributed by atoms with Crippen LogP contribution in [0.1, 0.15) is 316 Å². The molecule has 0 bridgehead atoms. The van der Waals surface area contributed by atoms with E-state index in [2.05, 4.69) is 118 Å². The Hall–Kier alpha value is -3.67. The van der Waals surface area contributed by atoms with Crippen molar-refractivity contribution >= 4 is 17.9 Å². The lowest BCUT2D eigenvalue weighted by Gasteiger charge is -2.18. The van der Waals surface area contributed by atoms with Crippen LogP contribution >= 0.6 is 0 Å². The molecule has 0 aliphatic heterocycles. The molecule has 0 N–H and O–H groups in total. The van der Waals surface area contributed by atoms with Crippen LogP contribution < -0.4 is 0 Å². The van der Waals surface area contributed by atoms with Gasteiger partial charge in [0.15, 0.2) is 6.10 Å². The molecule has 0 aromatic heterocycles. The molecule has 0 spiro atoms. The van der Waals surface area contributed by atoms with E-state index < -0.39 is 6.10 Å². The fourth-order valence-electron chi connectivity index (χ4n) is 9.25. The topological polar surface area (TPSA) is 78.9 Å². The fourth-order valence-corrected chi connectivity index (χ4v) is 9.25. The quantitative estimate of drug-likeness (QED) is 0.0261. The monoisotopic (exact) mass is 1070 g/mol. The van der Waals surface area contributed by atoms with Crippen molar-refractivity contribution in [1.29, 1.82) is 0 Å². The summed E-state index contributed by atoms with van der Waals surface area (Å²) < 4.78 is 16.9. The Labute approximate surface area is 477 Å². The van der Waals surface area contributed by atoms with Gasteiger partial charge < -0.3 is 14.2 Å². The van der Waals surface area contributed by atoms with E-state index >= 15 is 0 Å². The van der Waals surface area contributed by atoms with Crippen LogP contribution in [0, 0.1) is 0 Å². The molecule has 1 atom stereocenters. The first kappa shape index (κ1) is 73.3. The first-order chi connectivity index (χ1) is 38.0. The molecular weight excluding hydrogens is 949 g/mol. The summed E-state index contributed by atoms with van der Waals surface area (Å²) in [5.41, 5.74) is 0. The van der Waals surface area contributed by atoms with E-state index in [4.69, 9.17) is 14.2 Å². The molecule has 0 amide bonds. The van der Waals surface area contributed by atoms with Crippen LogP contribution in [-0.4, -0.2) is 37.2 Å². The molecule has 77 heavy (non-hydrogen) atoms. The van der Waals surface area contributed by atoms with E-state index in [0.717, 1.165) is 135 Å². The minimum absolute atomic E-state index is 0.0842. The van der Waals surface area contributed by atoms with Crippen LogP contribution in [0.4, 0.5) is 0 Å². The SMILES string of the molecule is CC/C=C\C/C=C\C/C=C\C/C=C\C/C=C\CCCCCCCCCCCC(=O)OCC(COC(=O)CCCCCCC/C=C\C/C=C\C/C=C\CC)OC(=O)CCCCCCCCCCCCCCCCCCCCC. The molecule has 0 aromatic carbocycles. The van der Waals surface area contributed by atoms with E-state index in [-0.39, 0.29) is 31.1 Å². The molecule has 0 rings (SSSR count). The second-order valence-electron chi connectivity index (χ2n) is 21.6. The number of unbranched alkanes of at least 4 members (excludes halogenated alkanes) is 32. The maximum Gasteiger partial charge on any atom is 0.306 e. The molecule has 0 saturated carbocycles. The zero-order chi connectivity index (χ0) is 55.7. The Kier molecular flexibility index (Phi) is 61.8. The predicted octanol–water partition coefficient (Wildman–Crippen LogP) is 22.4. The molecule has 0 heterocycles. The van der Waals surface area contributed by atoms with E-state index in [1.165, 1.54) is 141 Å². The van der Waals surface area contributed by atoms with Gasteiger partial charge in [0, 0.05) is 19.3 Å². The minimum Gasteiger partial charge on any atom is -0.462 e. The molecule has 6 heteroatoms. The number of hydrogen-bond donors (Lipinski definition) is 0. The van der Waals surface area contributed by atoms with E-state index in [1.54, 1.807) is 0 Å². The van der Waals surface area contributed by atoms with Crippen molar-refractivity contribution < 1.29 is 28.6 Å². The third kappa shape index (κ3) is 63.0. The summed E-state index contributed by atoms with van der Waals surface area (Å²) in [7, 11) is 0. The third-order valence-corrected chi connectivity index (χ3v) is 14.1. The highest BCUT2D eigenvalue weighted by atomic mass is 16.6.